The van der Waals surface area contributed by atoms with E-state index in [1.807, 2.05) is 7.05 Å². The van der Waals surface area contributed by atoms with Crippen molar-refractivity contribution < 1.29 is 32.3 Å². The van der Waals surface area contributed by atoms with Gasteiger partial charge in [0.2, 0.25) is 15.9 Å². The fraction of sp³-hybridized carbons (Fsp3) is 0.517. The first-order valence-electron chi connectivity index (χ1n) is 14.1. The van der Waals surface area contributed by atoms with Gasteiger partial charge in [0.1, 0.15) is 22.7 Å². The molecule has 1 aromatic carbocycles. The first kappa shape index (κ1) is 32.7. The Morgan fingerprint density at radius 2 is 1.77 bits per heavy atom. The summed E-state index contributed by atoms with van der Waals surface area (Å²) in [6.07, 6.45) is 1.95. The minimum absolute atomic E-state index is 0.0183. The minimum Gasteiger partial charge on any atom is -0.461 e. The number of likely N-dealkylation sites (N-methyl/N-ethyl adjacent to an activating group) is 1. The zero-order chi connectivity index (χ0) is 31.4. The Labute approximate surface area is 257 Å². The molecular formula is C29H39N5O7S2. The van der Waals surface area contributed by atoms with Crippen LogP contribution in [-0.4, -0.2) is 108 Å². The molecule has 0 unspecified atom stereocenters. The number of nitrogens with zero attached hydrogens (tertiary/aromatic N) is 4. The highest BCUT2D eigenvalue weighted by atomic mass is 32.2. The third kappa shape index (κ3) is 8.05. The first-order valence-corrected chi connectivity index (χ1v) is 16.5. The lowest BCUT2D eigenvalue weighted by atomic mass is 10.0. The van der Waals surface area contributed by atoms with Crippen molar-refractivity contribution in [2.75, 3.05) is 39.1 Å². The summed E-state index contributed by atoms with van der Waals surface area (Å²) in [5, 5.41) is 2.77. The highest BCUT2D eigenvalue weighted by molar-refractivity contribution is 8.02. The number of amides is 2. The maximum atomic E-state index is 13.8. The molecule has 4 rings (SSSR count). The van der Waals surface area contributed by atoms with Crippen molar-refractivity contribution in [2.24, 2.45) is 0 Å². The van der Waals surface area contributed by atoms with Crippen molar-refractivity contribution in [3.05, 3.63) is 54.4 Å². The van der Waals surface area contributed by atoms with E-state index in [2.05, 4.69) is 15.2 Å². The van der Waals surface area contributed by atoms with Gasteiger partial charge in [0.05, 0.1) is 12.0 Å². The lowest BCUT2D eigenvalue weighted by molar-refractivity contribution is -0.151. The van der Waals surface area contributed by atoms with Crippen LogP contribution in [-0.2, 0) is 30.8 Å². The Balaban J connectivity index is 1.49. The summed E-state index contributed by atoms with van der Waals surface area (Å²) in [4.78, 5) is 47.1. The van der Waals surface area contributed by atoms with Crippen LogP contribution in [0.15, 0.2) is 53.7 Å². The van der Waals surface area contributed by atoms with Gasteiger partial charge in [0.15, 0.2) is 0 Å². The van der Waals surface area contributed by atoms with Gasteiger partial charge < -0.3 is 24.6 Å². The lowest BCUT2D eigenvalue weighted by Crippen LogP contribution is -2.57. The molecule has 2 fully saturated rings. The maximum Gasteiger partial charge on any atom is 0.415 e. The van der Waals surface area contributed by atoms with Crippen LogP contribution in [0.4, 0.5) is 4.79 Å². The van der Waals surface area contributed by atoms with Crippen LogP contribution in [0.3, 0.4) is 0 Å². The Morgan fingerprint density at radius 3 is 2.37 bits per heavy atom. The third-order valence-electron chi connectivity index (χ3n) is 7.28. The molecule has 1 aromatic heterocycles. The number of esters is 1. The molecule has 0 spiro atoms. The average Bonchev–Trinajstić information content (AvgIpc) is 3.29. The Morgan fingerprint density at radius 1 is 1.09 bits per heavy atom. The summed E-state index contributed by atoms with van der Waals surface area (Å²) in [6.45, 7) is 9.73. The van der Waals surface area contributed by atoms with E-state index in [1.54, 1.807) is 56.9 Å². The Hall–Kier alpha value is -3.20. The predicted molar refractivity (Wildman–Crippen MR) is 162 cm³/mol. The van der Waals surface area contributed by atoms with Gasteiger partial charge in [0, 0.05) is 49.7 Å². The van der Waals surface area contributed by atoms with Crippen LogP contribution in [0.1, 0.15) is 33.3 Å². The number of aromatic nitrogens is 1. The van der Waals surface area contributed by atoms with E-state index in [9.17, 15) is 22.8 Å². The van der Waals surface area contributed by atoms with E-state index >= 15 is 0 Å². The second-order valence-electron chi connectivity index (χ2n) is 11.4. The average molecular weight is 634 g/mol. The molecule has 1 N–H and O–H groups in total. The zero-order valence-electron chi connectivity index (χ0n) is 25.1. The fourth-order valence-electron chi connectivity index (χ4n) is 4.86. The minimum atomic E-state index is -4.04. The molecular weight excluding hydrogens is 594 g/mol. The number of benzene rings is 1. The molecule has 12 nitrogen and oxygen atoms in total. The zero-order valence-corrected chi connectivity index (χ0v) is 26.7. The van der Waals surface area contributed by atoms with Crippen molar-refractivity contribution >= 4 is 39.8 Å². The number of hydrogen-bond acceptors (Lipinski definition) is 10. The number of sulfonamides is 1. The molecule has 234 valence electrons. The summed E-state index contributed by atoms with van der Waals surface area (Å²) in [5.74, 6) is -0.818. The number of hydrogen-bond donors (Lipinski definition) is 1. The molecule has 2 atom stereocenters. The lowest BCUT2D eigenvalue weighted by Gasteiger charge is -2.31. The van der Waals surface area contributed by atoms with Gasteiger partial charge >= 0.3 is 12.1 Å². The summed E-state index contributed by atoms with van der Waals surface area (Å²) < 4.78 is 38.3. The molecule has 2 aliphatic heterocycles. The number of carbonyl (C=O) groups excluding carboxylic acids is 3. The van der Waals surface area contributed by atoms with Crippen molar-refractivity contribution in [1.82, 2.24) is 24.4 Å². The van der Waals surface area contributed by atoms with Crippen molar-refractivity contribution in [3.63, 3.8) is 0 Å². The van der Waals surface area contributed by atoms with E-state index in [0.29, 0.717) is 24.4 Å². The third-order valence-corrected chi connectivity index (χ3v) is 10.6. The van der Waals surface area contributed by atoms with E-state index < -0.39 is 50.9 Å². The van der Waals surface area contributed by atoms with Crippen LogP contribution >= 0.6 is 11.8 Å². The molecule has 14 heteroatoms. The second kappa shape index (κ2) is 13.6. The summed E-state index contributed by atoms with van der Waals surface area (Å²) in [7, 11) is -2.04. The van der Waals surface area contributed by atoms with Gasteiger partial charge in [-0.1, -0.05) is 12.1 Å². The predicted octanol–water partition coefficient (Wildman–Crippen LogP) is 2.35. The first-order chi connectivity index (χ1) is 20.3. The summed E-state index contributed by atoms with van der Waals surface area (Å²) in [6, 6.07) is 7.47. The van der Waals surface area contributed by atoms with Crippen molar-refractivity contribution in [3.8, 4) is 5.75 Å². The normalized spacial score (nSPS) is 20.0. The fourth-order valence-corrected chi connectivity index (χ4v) is 8.00. The molecule has 2 saturated heterocycles. The number of ether oxygens (including phenoxy) is 2. The van der Waals surface area contributed by atoms with Gasteiger partial charge in [-0.3, -0.25) is 9.78 Å². The van der Waals surface area contributed by atoms with Crippen molar-refractivity contribution in [2.45, 2.75) is 61.9 Å². The smallest absolute Gasteiger partial charge is 0.415 e. The second-order valence-corrected chi connectivity index (χ2v) is 14.9. The molecule has 43 heavy (non-hydrogen) atoms. The van der Waals surface area contributed by atoms with Gasteiger partial charge in [0.25, 0.3) is 0 Å². The number of carbonyl (C=O) groups is 3. The highest BCUT2D eigenvalue weighted by Crippen LogP contribution is 2.42. The monoisotopic (exact) mass is 633 g/mol. The maximum absolute atomic E-state index is 13.8. The largest absolute Gasteiger partial charge is 0.461 e. The summed E-state index contributed by atoms with van der Waals surface area (Å²) >= 11 is 1.33. The van der Waals surface area contributed by atoms with Crippen LogP contribution in [0, 0.1) is 0 Å². The van der Waals surface area contributed by atoms with E-state index in [0.717, 1.165) is 17.4 Å². The molecule has 3 heterocycles. The van der Waals surface area contributed by atoms with Gasteiger partial charge in [-0.25, -0.2) is 18.0 Å². The Bertz CT molecular complexity index is 1400. The van der Waals surface area contributed by atoms with Gasteiger partial charge in [-0.05, 0) is 64.6 Å². The van der Waals surface area contributed by atoms with Crippen LogP contribution in [0.25, 0.3) is 0 Å². The number of pyridine rings is 1. The number of piperazine rings is 1. The molecule has 0 bridgehead atoms. The number of nitrogens with one attached hydrogen (secondary N) is 1. The van der Waals surface area contributed by atoms with Gasteiger partial charge in [-0.15, -0.1) is 11.8 Å². The van der Waals surface area contributed by atoms with Crippen LogP contribution in [0.5, 0.6) is 5.75 Å². The quantitative estimate of drug-likeness (QED) is 0.410. The number of thioether (sulfide) groups is 1. The van der Waals surface area contributed by atoms with Gasteiger partial charge in [-0.2, -0.15) is 4.31 Å². The summed E-state index contributed by atoms with van der Waals surface area (Å²) in [5.41, 5.74) is 0.685. The number of rotatable bonds is 9. The molecule has 0 radical (unpaired) electrons. The molecule has 2 aromatic rings. The van der Waals surface area contributed by atoms with Crippen LogP contribution in [0.2, 0.25) is 0 Å². The standard InChI is InChI=1S/C29H39N5O7S2/c1-20(2)40-27(36)24(17-21-8-10-22(11-9-21)41-28(37)33-15-13-32(5)14-16-33)31-26(35)25-29(3,4)42-19-34(25)43(38,39)23-7-6-12-30-18-23/h6-12,18,20,24-25H,13-17,19H2,1-5H3,(H,31,35)/t24-,25+/m0/s1. The molecule has 0 saturated carbocycles. The SMILES string of the molecule is CC(C)OC(=O)[C@H](Cc1ccc(OC(=O)N2CCN(C)CC2)cc1)NC(=O)[C@H]1N(S(=O)(=O)c2cccnc2)CSC1(C)C. The molecule has 2 aliphatic rings. The Kier molecular flexibility index (Phi) is 10.4. The highest BCUT2D eigenvalue weighted by Gasteiger charge is 2.51. The van der Waals surface area contributed by atoms with E-state index in [-0.39, 0.29) is 17.2 Å². The topological polar surface area (TPSA) is 138 Å². The van der Waals surface area contributed by atoms with E-state index in [1.165, 1.54) is 36.3 Å². The van der Waals surface area contributed by atoms with E-state index in [4.69, 9.17) is 9.47 Å². The molecule has 0 aliphatic carbocycles. The van der Waals surface area contributed by atoms with Crippen molar-refractivity contribution in [1.29, 1.82) is 0 Å². The molecule has 2 amide bonds. The van der Waals surface area contributed by atoms with Crippen LogP contribution < -0.4 is 10.1 Å².